The number of carbonyl (C=O) groups is 1. The minimum atomic E-state index is -5.08. The lowest BCUT2D eigenvalue weighted by atomic mass is 9.80. The van der Waals surface area contributed by atoms with Gasteiger partial charge in [0.05, 0.1) is 5.92 Å². The number of halogens is 4. The Kier molecular flexibility index (Phi) is 8.75. The summed E-state index contributed by atoms with van der Waals surface area (Å²) in [5.41, 5.74) is 1.19. The summed E-state index contributed by atoms with van der Waals surface area (Å²) in [4.78, 5) is 12.5. The summed E-state index contributed by atoms with van der Waals surface area (Å²) in [5.74, 6) is 6.37. The van der Waals surface area contributed by atoms with Crippen LogP contribution in [-0.4, -0.2) is 18.5 Å². The second kappa shape index (κ2) is 11.7. The molecule has 0 amide bonds. The van der Waals surface area contributed by atoms with Crippen molar-refractivity contribution >= 4 is 5.97 Å². The van der Waals surface area contributed by atoms with Gasteiger partial charge in [-0.1, -0.05) is 17.9 Å². The van der Waals surface area contributed by atoms with E-state index in [0.717, 1.165) is 38.5 Å². The second-order valence-corrected chi connectivity index (χ2v) is 8.28. The molecule has 2 aromatic carbocycles. The van der Waals surface area contributed by atoms with E-state index in [1.807, 2.05) is 6.08 Å². The van der Waals surface area contributed by atoms with Crippen LogP contribution in [-0.2, 0) is 4.79 Å². The lowest BCUT2D eigenvalue weighted by molar-refractivity contribution is -0.236. The van der Waals surface area contributed by atoms with Crippen molar-refractivity contribution in [2.24, 2.45) is 11.8 Å². The molecule has 0 aromatic heterocycles. The summed E-state index contributed by atoms with van der Waals surface area (Å²) < 4.78 is 59.3. The van der Waals surface area contributed by atoms with E-state index < -0.39 is 12.5 Å². The summed E-state index contributed by atoms with van der Waals surface area (Å²) in [6.07, 6.45) is -0.634. The Morgan fingerprint density at radius 3 is 2.00 bits per heavy atom. The van der Waals surface area contributed by atoms with Crippen LogP contribution < -0.4 is 9.47 Å². The Bertz CT molecular complexity index is 1010. The van der Waals surface area contributed by atoms with Gasteiger partial charge in [0.15, 0.2) is 0 Å². The van der Waals surface area contributed by atoms with E-state index in [4.69, 9.17) is 4.74 Å². The standard InChI is InChI=1S/C27H26F4O3/c1-2-3-4-19-7-13-22(14-8-19)25(32)33-23-15-9-20(10-16-23)5-6-21-11-17-24(18-12-21)34-26(28)27(29,30)31/h2,9-12,15-19,22,26H,1,3-4,7-8,13-14H2. The first-order valence-corrected chi connectivity index (χ1v) is 11.2. The lowest BCUT2D eigenvalue weighted by Gasteiger charge is -2.26. The fraction of sp³-hybridized carbons (Fsp3) is 0.370. The van der Waals surface area contributed by atoms with Crippen molar-refractivity contribution in [1.29, 1.82) is 0 Å². The van der Waals surface area contributed by atoms with Crippen LogP contribution in [0.15, 0.2) is 61.2 Å². The summed E-state index contributed by atoms with van der Waals surface area (Å²) in [6, 6.07) is 12.1. The summed E-state index contributed by atoms with van der Waals surface area (Å²) in [7, 11) is 0. The van der Waals surface area contributed by atoms with Crippen LogP contribution in [0.2, 0.25) is 0 Å². The van der Waals surface area contributed by atoms with E-state index in [-0.39, 0.29) is 17.6 Å². The van der Waals surface area contributed by atoms with Crippen LogP contribution in [0.5, 0.6) is 11.5 Å². The number of allylic oxidation sites excluding steroid dienone is 1. The molecule has 34 heavy (non-hydrogen) atoms. The first kappa shape index (κ1) is 25.4. The molecule has 3 rings (SSSR count). The van der Waals surface area contributed by atoms with Crippen molar-refractivity contribution in [3.05, 3.63) is 72.3 Å². The highest BCUT2D eigenvalue weighted by Gasteiger charge is 2.42. The van der Waals surface area contributed by atoms with E-state index in [1.165, 1.54) is 24.3 Å². The zero-order valence-corrected chi connectivity index (χ0v) is 18.6. The molecule has 0 spiro atoms. The summed E-state index contributed by atoms with van der Waals surface area (Å²) in [5, 5.41) is 0. The third-order valence-electron chi connectivity index (χ3n) is 5.73. The van der Waals surface area contributed by atoms with Crippen molar-refractivity contribution in [2.75, 3.05) is 0 Å². The van der Waals surface area contributed by atoms with E-state index >= 15 is 0 Å². The first-order chi connectivity index (χ1) is 16.2. The van der Waals surface area contributed by atoms with E-state index in [0.29, 0.717) is 22.8 Å². The molecule has 1 aliphatic rings. The SMILES string of the molecule is C=CCCC1CCC(C(=O)Oc2ccc(C#Cc3ccc(OC(F)C(F)(F)F)cc3)cc2)CC1. The van der Waals surface area contributed by atoms with Gasteiger partial charge in [0.25, 0.3) is 0 Å². The fourth-order valence-corrected chi connectivity index (χ4v) is 3.79. The molecule has 3 nitrogen and oxygen atoms in total. The van der Waals surface area contributed by atoms with E-state index in [2.05, 4.69) is 23.2 Å². The van der Waals surface area contributed by atoms with E-state index in [9.17, 15) is 22.4 Å². The van der Waals surface area contributed by atoms with Crippen LogP contribution in [0, 0.1) is 23.7 Å². The van der Waals surface area contributed by atoms with Crippen molar-refractivity contribution in [1.82, 2.24) is 0 Å². The topological polar surface area (TPSA) is 35.5 Å². The molecule has 2 aromatic rings. The quantitative estimate of drug-likeness (QED) is 0.143. The Morgan fingerprint density at radius 2 is 1.50 bits per heavy atom. The molecule has 0 aliphatic heterocycles. The number of carbonyl (C=O) groups excluding carboxylic acids is 1. The predicted octanol–water partition coefficient (Wildman–Crippen LogP) is 7.00. The Labute approximate surface area is 196 Å². The number of benzene rings is 2. The highest BCUT2D eigenvalue weighted by molar-refractivity contribution is 5.75. The zero-order chi connectivity index (χ0) is 24.6. The van der Waals surface area contributed by atoms with Crippen molar-refractivity contribution < 1.29 is 31.8 Å². The summed E-state index contributed by atoms with van der Waals surface area (Å²) in [6.45, 7) is 3.76. The number of rotatable bonds is 7. The largest absolute Gasteiger partial charge is 0.457 e. The molecule has 0 heterocycles. The number of hydrogen-bond acceptors (Lipinski definition) is 3. The van der Waals surface area contributed by atoms with Gasteiger partial charge >= 0.3 is 18.5 Å². The van der Waals surface area contributed by atoms with Crippen LogP contribution in [0.25, 0.3) is 0 Å². The van der Waals surface area contributed by atoms with Gasteiger partial charge in [-0.3, -0.25) is 4.79 Å². The second-order valence-electron chi connectivity index (χ2n) is 8.28. The molecule has 180 valence electrons. The van der Waals surface area contributed by atoms with Gasteiger partial charge in [-0.25, -0.2) is 0 Å². The minimum absolute atomic E-state index is 0.0739. The maximum atomic E-state index is 12.9. The van der Waals surface area contributed by atoms with Gasteiger partial charge in [0.1, 0.15) is 11.5 Å². The molecule has 0 bridgehead atoms. The van der Waals surface area contributed by atoms with Crippen molar-refractivity contribution in [3.8, 4) is 23.3 Å². The molecular formula is C27H26F4O3. The average Bonchev–Trinajstić information content (AvgIpc) is 2.83. The maximum Gasteiger partial charge on any atom is 0.457 e. The van der Waals surface area contributed by atoms with Gasteiger partial charge < -0.3 is 9.47 Å². The fourth-order valence-electron chi connectivity index (χ4n) is 3.79. The molecule has 1 unspecified atom stereocenters. The number of esters is 1. The molecule has 1 fully saturated rings. The van der Waals surface area contributed by atoms with Gasteiger partial charge in [-0.15, -0.1) is 6.58 Å². The minimum Gasteiger partial charge on any atom is -0.452 e. The zero-order valence-electron chi connectivity index (χ0n) is 18.6. The molecule has 1 atom stereocenters. The van der Waals surface area contributed by atoms with Crippen LogP contribution in [0.3, 0.4) is 0 Å². The Morgan fingerprint density at radius 1 is 0.971 bits per heavy atom. The number of alkyl halides is 4. The highest BCUT2D eigenvalue weighted by Crippen LogP contribution is 2.32. The van der Waals surface area contributed by atoms with Gasteiger partial charge in [0, 0.05) is 11.1 Å². The third-order valence-corrected chi connectivity index (χ3v) is 5.73. The van der Waals surface area contributed by atoms with E-state index in [1.54, 1.807) is 24.3 Å². The van der Waals surface area contributed by atoms with Crippen molar-refractivity contribution in [3.63, 3.8) is 0 Å². The van der Waals surface area contributed by atoms with Gasteiger partial charge in [0.2, 0.25) is 0 Å². The monoisotopic (exact) mass is 474 g/mol. The Hall–Kier alpha value is -3.27. The Balaban J connectivity index is 1.50. The molecule has 0 saturated heterocycles. The van der Waals surface area contributed by atoms with Gasteiger partial charge in [-0.2, -0.15) is 17.6 Å². The van der Waals surface area contributed by atoms with Gasteiger partial charge in [-0.05, 0) is 93.0 Å². The third kappa shape index (κ3) is 7.65. The number of ether oxygens (including phenoxy) is 2. The van der Waals surface area contributed by atoms with Crippen LogP contribution >= 0.6 is 0 Å². The average molecular weight is 474 g/mol. The number of hydrogen-bond donors (Lipinski definition) is 0. The van der Waals surface area contributed by atoms with Crippen molar-refractivity contribution in [2.45, 2.75) is 51.1 Å². The van der Waals surface area contributed by atoms with Crippen LogP contribution in [0.1, 0.15) is 49.7 Å². The molecule has 1 saturated carbocycles. The normalized spacial score (nSPS) is 18.8. The molecular weight excluding hydrogens is 448 g/mol. The first-order valence-electron chi connectivity index (χ1n) is 11.2. The summed E-state index contributed by atoms with van der Waals surface area (Å²) >= 11 is 0. The molecule has 0 N–H and O–H groups in total. The highest BCUT2D eigenvalue weighted by atomic mass is 19.4. The molecule has 1 aliphatic carbocycles. The smallest absolute Gasteiger partial charge is 0.452 e. The lowest BCUT2D eigenvalue weighted by Crippen LogP contribution is -2.29. The molecule has 0 radical (unpaired) electrons. The van der Waals surface area contributed by atoms with Crippen LogP contribution in [0.4, 0.5) is 17.6 Å². The molecule has 7 heteroatoms. The predicted molar refractivity (Wildman–Crippen MR) is 121 cm³/mol. The maximum absolute atomic E-state index is 12.9.